The molecule has 3 rings (SSSR count). The molecule has 1 aliphatic rings. The Bertz CT molecular complexity index is 796. The van der Waals surface area contributed by atoms with Gasteiger partial charge in [0.25, 0.3) is 5.91 Å². The van der Waals surface area contributed by atoms with Crippen LogP contribution in [0.1, 0.15) is 22.0 Å². The molecule has 1 unspecified atom stereocenters. The molecular weight excluding hydrogens is 352 g/mol. The molecule has 0 spiro atoms. The minimum atomic E-state index is -0.0332. The van der Waals surface area contributed by atoms with Crippen molar-refractivity contribution in [3.05, 3.63) is 58.6 Å². The Kier molecular flexibility index (Phi) is 5.69. The van der Waals surface area contributed by atoms with E-state index in [0.717, 1.165) is 12.1 Å². The minimum absolute atomic E-state index is 0.0332. The van der Waals surface area contributed by atoms with Gasteiger partial charge < -0.3 is 14.4 Å². The van der Waals surface area contributed by atoms with Crippen molar-refractivity contribution in [1.82, 2.24) is 9.80 Å². The molecular formula is C20H23ClN2O3. The van der Waals surface area contributed by atoms with E-state index in [4.69, 9.17) is 21.1 Å². The Balaban J connectivity index is 1.85. The second-order valence-electron chi connectivity index (χ2n) is 6.34. The van der Waals surface area contributed by atoms with Crippen molar-refractivity contribution in [2.75, 3.05) is 40.9 Å². The molecule has 138 valence electrons. The fourth-order valence-corrected chi connectivity index (χ4v) is 3.50. The van der Waals surface area contributed by atoms with Gasteiger partial charge in [-0.2, -0.15) is 0 Å². The Hall–Kier alpha value is -2.24. The predicted molar refractivity (Wildman–Crippen MR) is 102 cm³/mol. The van der Waals surface area contributed by atoms with E-state index in [1.165, 1.54) is 0 Å². The van der Waals surface area contributed by atoms with E-state index in [9.17, 15) is 4.79 Å². The van der Waals surface area contributed by atoms with E-state index in [-0.39, 0.29) is 11.9 Å². The highest BCUT2D eigenvalue weighted by Crippen LogP contribution is 2.33. The number of ether oxygens (including phenoxy) is 2. The average Bonchev–Trinajstić information content (AvgIpc) is 2.67. The number of nitrogens with zero attached hydrogens (tertiary/aromatic N) is 2. The zero-order valence-corrected chi connectivity index (χ0v) is 16.0. The van der Waals surface area contributed by atoms with Gasteiger partial charge in [-0.05, 0) is 36.9 Å². The van der Waals surface area contributed by atoms with Crippen LogP contribution in [0, 0.1) is 0 Å². The summed E-state index contributed by atoms with van der Waals surface area (Å²) in [7, 11) is 5.31. The molecule has 0 radical (unpaired) electrons. The molecule has 1 heterocycles. The van der Waals surface area contributed by atoms with Crippen LogP contribution in [0.5, 0.6) is 11.5 Å². The third-order valence-electron chi connectivity index (χ3n) is 4.83. The van der Waals surface area contributed by atoms with Gasteiger partial charge in [-0.1, -0.05) is 29.8 Å². The first-order valence-corrected chi connectivity index (χ1v) is 8.89. The molecule has 2 aromatic rings. The summed E-state index contributed by atoms with van der Waals surface area (Å²) in [5.74, 6) is 1.35. The summed E-state index contributed by atoms with van der Waals surface area (Å²) in [6, 6.07) is 13.2. The van der Waals surface area contributed by atoms with Gasteiger partial charge in [0.2, 0.25) is 0 Å². The van der Waals surface area contributed by atoms with Crippen molar-refractivity contribution in [3.63, 3.8) is 0 Å². The largest absolute Gasteiger partial charge is 0.493 e. The zero-order valence-electron chi connectivity index (χ0n) is 15.2. The number of rotatable bonds is 4. The molecule has 1 fully saturated rings. The van der Waals surface area contributed by atoms with Gasteiger partial charge in [0.05, 0.1) is 30.8 Å². The third-order valence-corrected chi connectivity index (χ3v) is 5.16. The first-order valence-electron chi connectivity index (χ1n) is 8.51. The number of hydrogen-bond donors (Lipinski definition) is 0. The Morgan fingerprint density at radius 1 is 1.08 bits per heavy atom. The van der Waals surface area contributed by atoms with Gasteiger partial charge in [0.1, 0.15) is 0 Å². The first kappa shape index (κ1) is 18.5. The second-order valence-corrected chi connectivity index (χ2v) is 6.75. The van der Waals surface area contributed by atoms with Crippen molar-refractivity contribution in [3.8, 4) is 11.5 Å². The minimum Gasteiger partial charge on any atom is -0.493 e. The summed E-state index contributed by atoms with van der Waals surface area (Å²) in [5.41, 5.74) is 1.63. The van der Waals surface area contributed by atoms with Gasteiger partial charge in [-0.25, -0.2) is 0 Å². The summed E-state index contributed by atoms with van der Waals surface area (Å²) < 4.78 is 10.7. The average molecular weight is 375 g/mol. The monoisotopic (exact) mass is 374 g/mol. The fourth-order valence-electron chi connectivity index (χ4n) is 3.28. The Morgan fingerprint density at radius 2 is 1.81 bits per heavy atom. The maximum Gasteiger partial charge on any atom is 0.255 e. The van der Waals surface area contributed by atoms with Gasteiger partial charge in [0.15, 0.2) is 11.5 Å². The number of piperazine rings is 1. The van der Waals surface area contributed by atoms with Crippen molar-refractivity contribution in [1.29, 1.82) is 0 Å². The lowest BCUT2D eigenvalue weighted by atomic mass is 10.0. The quantitative estimate of drug-likeness (QED) is 0.821. The summed E-state index contributed by atoms with van der Waals surface area (Å²) in [6.45, 7) is 2.05. The van der Waals surface area contributed by atoms with E-state index in [2.05, 4.69) is 11.9 Å². The van der Waals surface area contributed by atoms with Crippen LogP contribution in [0.3, 0.4) is 0 Å². The Morgan fingerprint density at radius 3 is 2.50 bits per heavy atom. The number of hydrogen-bond acceptors (Lipinski definition) is 4. The summed E-state index contributed by atoms with van der Waals surface area (Å²) in [6.07, 6.45) is 0. The van der Waals surface area contributed by atoms with Gasteiger partial charge in [0, 0.05) is 19.6 Å². The van der Waals surface area contributed by atoms with Crippen LogP contribution in [0.4, 0.5) is 0 Å². The number of halogens is 1. The predicted octanol–water partition coefficient (Wildman–Crippen LogP) is 3.49. The van der Waals surface area contributed by atoms with E-state index in [1.54, 1.807) is 26.4 Å². The third kappa shape index (κ3) is 3.64. The molecule has 0 bridgehead atoms. The smallest absolute Gasteiger partial charge is 0.255 e. The standard InChI is InChI=1S/C20H23ClN2O3/c1-22-10-11-23(20(24)15-6-4-5-7-16(15)21)13-17(22)14-8-9-18(25-2)19(12-14)26-3/h4-9,12,17H,10-11,13H2,1-3H3. The van der Waals surface area contributed by atoms with E-state index >= 15 is 0 Å². The summed E-state index contributed by atoms with van der Waals surface area (Å²) in [5, 5.41) is 0.485. The molecule has 0 N–H and O–H groups in total. The van der Waals surface area contributed by atoms with E-state index < -0.39 is 0 Å². The topological polar surface area (TPSA) is 42.0 Å². The lowest BCUT2D eigenvalue weighted by Gasteiger charge is -2.40. The van der Waals surface area contributed by atoms with Crippen LogP contribution in [0.2, 0.25) is 5.02 Å². The van der Waals surface area contributed by atoms with Crippen molar-refractivity contribution >= 4 is 17.5 Å². The number of carbonyl (C=O) groups is 1. The van der Waals surface area contributed by atoms with Crippen LogP contribution in [0.25, 0.3) is 0 Å². The molecule has 0 saturated carbocycles. The lowest BCUT2D eigenvalue weighted by molar-refractivity contribution is 0.0546. The number of benzene rings is 2. The number of methoxy groups -OCH3 is 2. The molecule has 0 aromatic heterocycles. The maximum absolute atomic E-state index is 12.9. The number of amides is 1. The summed E-state index contributed by atoms with van der Waals surface area (Å²) in [4.78, 5) is 17.0. The highest BCUT2D eigenvalue weighted by Gasteiger charge is 2.30. The van der Waals surface area contributed by atoms with Crippen LogP contribution in [-0.4, -0.2) is 56.6 Å². The SMILES string of the molecule is COc1ccc(C2CN(C(=O)c3ccccc3Cl)CCN2C)cc1OC. The van der Waals surface area contributed by atoms with E-state index in [1.807, 2.05) is 35.2 Å². The molecule has 1 amide bonds. The highest BCUT2D eigenvalue weighted by atomic mass is 35.5. The number of carbonyl (C=O) groups excluding carboxylic acids is 1. The van der Waals surface area contributed by atoms with Crippen molar-refractivity contribution < 1.29 is 14.3 Å². The fraction of sp³-hybridized carbons (Fsp3) is 0.350. The molecule has 2 aromatic carbocycles. The zero-order chi connectivity index (χ0) is 18.7. The molecule has 6 heteroatoms. The molecule has 5 nitrogen and oxygen atoms in total. The highest BCUT2D eigenvalue weighted by molar-refractivity contribution is 6.33. The second kappa shape index (κ2) is 7.98. The maximum atomic E-state index is 12.9. The van der Waals surface area contributed by atoms with Crippen LogP contribution < -0.4 is 9.47 Å². The molecule has 26 heavy (non-hydrogen) atoms. The van der Waals surface area contributed by atoms with Crippen LogP contribution in [0.15, 0.2) is 42.5 Å². The Labute approximate surface area is 159 Å². The molecule has 1 saturated heterocycles. The normalized spacial score (nSPS) is 17.8. The number of likely N-dealkylation sites (N-methyl/N-ethyl adjacent to an activating group) is 1. The molecule has 1 aliphatic heterocycles. The lowest BCUT2D eigenvalue weighted by Crippen LogP contribution is -2.49. The first-order chi connectivity index (χ1) is 12.5. The summed E-state index contributed by atoms with van der Waals surface area (Å²) >= 11 is 6.21. The van der Waals surface area contributed by atoms with Gasteiger partial charge in [-0.15, -0.1) is 0 Å². The molecule has 1 atom stereocenters. The molecule has 0 aliphatic carbocycles. The van der Waals surface area contributed by atoms with Gasteiger partial charge in [-0.3, -0.25) is 9.69 Å². The van der Waals surface area contributed by atoms with Crippen LogP contribution >= 0.6 is 11.6 Å². The van der Waals surface area contributed by atoms with Crippen LogP contribution in [-0.2, 0) is 0 Å². The van der Waals surface area contributed by atoms with Crippen molar-refractivity contribution in [2.24, 2.45) is 0 Å². The van der Waals surface area contributed by atoms with Gasteiger partial charge >= 0.3 is 0 Å². The van der Waals surface area contributed by atoms with E-state index in [0.29, 0.717) is 35.2 Å². The van der Waals surface area contributed by atoms with Crippen molar-refractivity contribution in [2.45, 2.75) is 6.04 Å².